The lowest BCUT2D eigenvalue weighted by atomic mass is 10.2. The molecule has 1 fully saturated rings. The van der Waals surface area contributed by atoms with Crippen molar-refractivity contribution < 1.29 is 13.2 Å². The van der Waals surface area contributed by atoms with Crippen LogP contribution in [-0.4, -0.2) is 50.4 Å². The van der Waals surface area contributed by atoms with Gasteiger partial charge in [-0.1, -0.05) is 24.3 Å². The van der Waals surface area contributed by atoms with E-state index in [-0.39, 0.29) is 0 Å². The van der Waals surface area contributed by atoms with Gasteiger partial charge in [-0.15, -0.1) is 11.3 Å². The molecule has 130 valence electrons. The van der Waals surface area contributed by atoms with Gasteiger partial charge in [0, 0.05) is 38.3 Å². The fraction of sp³-hybridized carbons (Fsp3) is 0.412. The lowest BCUT2D eigenvalue weighted by Crippen LogP contribution is -2.48. The van der Waals surface area contributed by atoms with Crippen molar-refractivity contribution in [2.75, 3.05) is 32.8 Å². The standard InChI is InChI=1S/C17H22N2O3S2/c1-2-22-16-7-4-3-6-15(16)14-18-9-11-19(12-10-18)24(20,21)17-8-5-13-23-17/h3-8,13H,2,9-12,14H2,1H3. The second kappa shape index (κ2) is 7.65. The minimum atomic E-state index is -3.33. The number of thiophene rings is 1. The van der Waals surface area contributed by atoms with Crippen LogP contribution in [0.4, 0.5) is 0 Å². The average Bonchev–Trinajstić information content (AvgIpc) is 3.13. The molecule has 1 aliphatic heterocycles. The van der Waals surface area contributed by atoms with Crippen LogP contribution in [0.25, 0.3) is 0 Å². The highest BCUT2D eigenvalue weighted by atomic mass is 32.2. The molecule has 0 radical (unpaired) electrons. The molecule has 0 saturated carbocycles. The number of piperazine rings is 1. The van der Waals surface area contributed by atoms with E-state index in [4.69, 9.17) is 4.74 Å². The summed E-state index contributed by atoms with van der Waals surface area (Å²) in [6.07, 6.45) is 0. The third-order valence-corrected chi connectivity index (χ3v) is 7.36. The van der Waals surface area contributed by atoms with E-state index in [1.807, 2.05) is 25.1 Å². The van der Waals surface area contributed by atoms with Gasteiger partial charge >= 0.3 is 0 Å². The van der Waals surface area contributed by atoms with E-state index in [0.717, 1.165) is 30.9 Å². The predicted molar refractivity (Wildman–Crippen MR) is 96.0 cm³/mol. The molecule has 0 N–H and O–H groups in total. The summed E-state index contributed by atoms with van der Waals surface area (Å²) in [6, 6.07) is 11.5. The summed E-state index contributed by atoms with van der Waals surface area (Å²) in [5, 5.41) is 1.80. The fourth-order valence-corrected chi connectivity index (χ4v) is 5.40. The van der Waals surface area contributed by atoms with Gasteiger partial charge in [0.25, 0.3) is 10.0 Å². The summed E-state index contributed by atoms with van der Waals surface area (Å²) >= 11 is 1.27. The van der Waals surface area contributed by atoms with Crippen molar-refractivity contribution in [3.63, 3.8) is 0 Å². The zero-order valence-corrected chi connectivity index (χ0v) is 15.4. The first kappa shape index (κ1) is 17.4. The Kier molecular flexibility index (Phi) is 5.55. The minimum absolute atomic E-state index is 0.428. The summed E-state index contributed by atoms with van der Waals surface area (Å²) in [5.41, 5.74) is 1.15. The van der Waals surface area contributed by atoms with Crippen molar-refractivity contribution in [1.29, 1.82) is 0 Å². The van der Waals surface area contributed by atoms with Crippen LogP contribution in [-0.2, 0) is 16.6 Å². The Balaban J connectivity index is 1.62. The summed E-state index contributed by atoms with van der Waals surface area (Å²) < 4.78 is 32.8. The Bertz CT molecular complexity index is 752. The lowest BCUT2D eigenvalue weighted by Gasteiger charge is -2.33. The summed E-state index contributed by atoms with van der Waals surface area (Å²) in [6.45, 7) is 5.90. The van der Waals surface area contributed by atoms with Gasteiger partial charge in [0.1, 0.15) is 9.96 Å². The van der Waals surface area contributed by atoms with E-state index >= 15 is 0 Å². The highest BCUT2D eigenvalue weighted by Gasteiger charge is 2.29. The van der Waals surface area contributed by atoms with E-state index in [1.54, 1.807) is 21.8 Å². The van der Waals surface area contributed by atoms with E-state index in [1.165, 1.54) is 11.3 Å². The molecule has 3 rings (SSSR count). The predicted octanol–water partition coefficient (Wildman–Crippen LogP) is 2.65. The SMILES string of the molecule is CCOc1ccccc1CN1CCN(S(=O)(=O)c2cccs2)CC1. The number of sulfonamides is 1. The Morgan fingerprint density at radius 2 is 1.83 bits per heavy atom. The van der Waals surface area contributed by atoms with Crippen LogP contribution in [0.15, 0.2) is 46.0 Å². The molecule has 0 amide bonds. The van der Waals surface area contributed by atoms with Gasteiger partial charge in [-0.3, -0.25) is 4.90 Å². The summed E-state index contributed by atoms with van der Waals surface area (Å²) in [7, 11) is -3.33. The smallest absolute Gasteiger partial charge is 0.252 e. The Hall–Kier alpha value is -1.41. The number of nitrogens with zero attached hydrogens (tertiary/aromatic N) is 2. The number of para-hydroxylation sites is 1. The molecule has 1 aliphatic rings. The quantitative estimate of drug-likeness (QED) is 0.789. The van der Waals surface area contributed by atoms with Crippen LogP contribution >= 0.6 is 11.3 Å². The first-order valence-corrected chi connectivity index (χ1v) is 10.4. The van der Waals surface area contributed by atoms with Crippen LogP contribution in [0.5, 0.6) is 5.75 Å². The molecule has 0 aliphatic carbocycles. The van der Waals surface area contributed by atoms with E-state index in [0.29, 0.717) is 23.9 Å². The van der Waals surface area contributed by atoms with Gasteiger partial charge < -0.3 is 4.74 Å². The van der Waals surface area contributed by atoms with Crippen molar-refractivity contribution in [3.8, 4) is 5.75 Å². The minimum Gasteiger partial charge on any atom is -0.494 e. The lowest BCUT2D eigenvalue weighted by molar-refractivity contribution is 0.179. The van der Waals surface area contributed by atoms with Crippen molar-refractivity contribution in [3.05, 3.63) is 47.3 Å². The molecule has 1 aromatic heterocycles. The molecule has 0 bridgehead atoms. The highest BCUT2D eigenvalue weighted by Crippen LogP contribution is 2.24. The van der Waals surface area contributed by atoms with Crippen molar-refractivity contribution >= 4 is 21.4 Å². The average molecular weight is 367 g/mol. The van der Waals surface area contributed by atoms with Gasteiger partial charge in [0.2, 0.25) is 0 Å². The number of hydrogen-bond donors (Lipinski definition) is 0. The first-order valence-electron chi connectivity index (χ1n) is 8.08. The molecule has 7 heteroatoms. The molecular formula is C17H22N2O3S2. The third-order valence-electron chi connectivity index (χ3n) is 4.09. The fourth-order valence-electron chi connectivity index (χ4n) is 2.84. The van der Waals surface area contributed by atoms with Gasteiger partial charge in [-0.2, -0.15) is 4.31 Å². The van der Waals surface area contributed by atoms with Gasteiger partial charge in [0.15, 0.2) is 0 Å². The molecule has 24 heavy (non-hydrogen) atoms. The number of hydrogen-bond acceptors (Lipinski definition) is 5. The van der Waals surface area contributed by atoms with Gasteiger partial charge in [-0.05, 0) is 24.4 Å². The monoisotopic (exact) mass is 366 g/mol. The largest absolute Gasteiger partial charge is 0.494 e. The Labute approximate surface area is 147 Å². The molecule has 0 atom stereocenters. The molecule has 0 unspecified atom stereocenters. The zero-order chi connectivity index (χ0) is 17.0. The Morgan fingerprint density at radius 3 is 2.50 bits per heavy atom. The normalized spacial score (nSPS) is 17.0. The van der Waals surface area contributed by atoms with Crippen LogP contribution in [0, 0.1) is 0 Å². The van der Waals surface area contributed by atoms with Gasteiger partial charge in [0.05, 0.1) is 6.61 Å². The third kappa shape index (κ3) is 3.80. The summed E-state index contributed by atoms with van der Waals surface area (Å²) in [5.74, 6) is 0.911. The number of benzene rings is 1. The highest BCUT2D eigenvalue weighted by molar-refractivity contribution is 7.91. The van der Waals surface area contributed by atoms with Crippen molar-refractivity contribution in [1.82, 2.24) is 9.21 Å². The van der Waals surface area contributed by atoms with E-state index in [9.17, 15) is 8.42 Å². The van der Waals surface area contributed by atoms with Gasteiger partial charge in [-0.25, -0.2) is 8.42 Å². The summed E-state index contributed by atoms with van der Waals surface area (Å²) in [4.78, 5) is 2.28. The second-order valence-corrected chi connectivity index (χ2v) is 8.77. The van der Waals surface area contributed by atoms with Crippen LogP contribution in [0.2, 0.25) is 0 Å². The Morgan fingerprint density at radius 1 is 1.08 bits per heavy atom. The topological polar surface area (TPSA) is 49.9 Å². The molecule has 0 spiro atoms. The molecule has 2 heterocycles. The van der Waals surface area contributed by atoms with E-state index < -0.39 is 10.0 Å². The maximum absolute atomic E-state index is 12.6. The van der Waals surface area contributed by atoms with E-state index in [2.05, 4.69) is 11.0 Å². The first-order chi connectivity index (χ1) is 11.6. The zero-order valence-electron chi connectivity index (χ0n) is 13.7. The van der Waals surface area contributed by atoms with Crippen LogP contribution in [0.3, 0.4) is 0 Å². The maximum atomic E-state index is 12.6. The van der Waals surface area contributed by atoms with Crippen molar-refractivity contribution in [2.45, 2.75) is 17.7 Å². The van der Waals surface area contributed by atoms with Crippen LogP contribution in [0.1, 0.15) is 12.5 Å². The number of rotatable bonds is 6. The number of ether oxygens (including phenoxy) is 1. The molecule has 2 aromatic rings. The van der Waals surface area contributed by atoms with Crippen molar-refractivity contribution in [2.24, 2.45) is 0 Å². The maximum Gasteiger partial charge on any atom is 0.252 e. The van der Waals surface area contributed by atoms with Crippen LogP contribution < -0.4 is 4.74 Å². The molecule has 1 aromatic carbocycles. The second-order valence-electron chi connectivity index (χ2n) is 5.65. The molecule has 5 nitrogen and oxygen atoms in total. The molecule has 1 saturated heterocycles. The molecular weight excluding hydrogens is 344 g/mol.